The highest BCUT2D eigenvalue weighted by atomic mass is 16.2. The van der Waals surface area contributed by atoms with Gasteiger partial charge in [-0.25, -0.2) is 0 Å². The first-order valence-electron chi connectivity index (χ1n) is 7.36. The first-order chi connectivity index (χ1) is 9.17. The Morgan fingerprint density at radius 2 is 2.00 bits per heavy atom. The van der Waals surface area contributed by atoms with Crippen LogP contribution < -0.4 is 10.2 Å². The van der Waals surface area contributed by atoms with Crippen molar-refractivity contribution in [3.63, 3.8) is 0 Å². The molecule has 1 saturated heterocycles. The first-order valence-corrected chi connectivity index (χ1v) is 7.36. The number of rotatable bonds is 0. The molecule has 100 valence electrons. The van der Waals surface area contributed by atoms with Crippen LogP contribution in [-0.2, 0) is 10.2 Å². The zero-order chi connectivity index (χ0) is 13.1. The molecule has 1 aliphatic carbocycles. The molecule has 2 atom stereocenters. The largest absolute Gasteiger partial charge is 0.347 e. The second kappa shape index (κ2) is 3.53. The fourth-order valence-corrected chi connectivity index (χ4v) is 4.60. The standard InChI is InChI=1S/C16H20N2O/c1-15-9-4-5-10-16(15)17-14(19)8-11-18(16)13-7-3-2-6-12(13)15/h2-3,6-7H,4-5,8-11H2,1H3,(H,17,19)/t15-,16-/m0/s1. The second-order valence-electron chi connectivity index (χ2n) is 6.37. The van der Waals surface area contributed by atoms with E-state index in [1.807, 2.05) is 0 Å². The van der Waals surface area contributed by atoms with E-state index < -0.39 is 0 Å². The van der Waals surface area contributed by atoms with Gasteiger partial charge in [-0.1, -0.05) is 31.5 Å². The normalized spacial score (nSPS) is 36.3. The molecule has 0 aromatic heterocycles. The van der Waals surface area contributed by atoms with Gasteiger partial charge >= 0.3 is 0 Å². The van der Waals surface area contributed by atoms with E-state index in [2.05, 4.69) is 41.4 Å². The lowest BCUT2D eigenvalue weighted by Crippen LogP contribution is -2.71. The summed E-state index contributed by atoms with van der Waals surface area (Å²) in [5.74, 6) is 0.220. The highest BCUT2D eigenvalue weighted by molar-refractivity contribution is 5.83. The number of amides is 1. The molecule has 0 unspecified atom stereocenters. The maximum absolute atomic E-state index is 12.0. The van der Waals surface area contributed by atoms with Crippen LogP contribution in [0.1, 0.15) is 44.6 Å². The monoisotopic (exact) mass is 256 g/mol. The van der Waals surface area contributed by atoms with Crippen molar-refractivity contribution in [3.8, 4) is 0 Å². The van der Waals surface area contributed by atoms with Crippen LogP contribution in [-0.4, -0.2) is 18.1 Å². The maximum Gasteiger partial charge on any atom is 0.223 e. The summed E-state index contributed by atoms with van der Waals surface area (Å²) in [6.07, 6.45) is 5.33. The third kappa shape index (κ3) is 1.21. The average Bonchev–Trinajstić information content (AvgIpc) is 2.65. The lowest BCUT2D eigenvalue weighted by Gasteiger charge is -2.54. The van der Waals surface area contributed by atoms with Gasteiger partial charge in [0, 0.05) is 24.1 Å². The third-order valence-electron chi connectivity index (χ3n) is 5.54. The molecular weight excluding hydrogens is 236 g/mol. The van der Waals surface area contributed by atoms with Crippen LogP contribution in [0.25, 0.3) is 0 Å². The molecule has 1 saturated carbocycles. The van der Waals surface area contributed by atoms with E-state index in [-0.39, 0.29) is 17.0 Å². The number of carbonyl (C=O) groups is 1. The fraction of sp³-hybridized carbons (Fsp3) is 0.562. The Bertz CT molecular complexity index is 555. The lowest BCUT2D eigenvalue weighted by atomic mass is 9.64. The highest BCUT2D eigenvalue weighted by Crippen LogP contribution is 2.57. The molecular formula is C16H20N2O. The summed E-state index contributed by atoms with van der Waals surface area (Å²) in [6.45, 7) is 3.20. The van der Waals surface area contributed by atoms with Gasteiger partial charge in [0.1, 0.15) is 5.66 Å². The molecule has 1 aromatic carbocycles. The van der Waals surface area contributed by atoms with Gasteiger partial charge in [0.05, 0.1) is 0 Å². The van der Waals surface area contributed by atoms with E-state index in [0.29, 0.717) is 6.42 Å². The van der Waals surface area contributed by atoms with Gasteiger partial charge in [-0.05, 0) is 30.9 Å². The fourth-order valence-electron chi connectivity index (χ4n) is 4.60. The topological polar surface area (TPSA) is 32.3 Å². The first kappa shape index (κ1) is 11.3. The summed E-state index contributed by atoms with van der Waals surface area (Å²) < 4.78 is 0. The average molecular weight is 256 g/mol. The van der Waals surface area contributed by atoms with Crippen molar-refractivity contribution in [2.24, 2.45) is 0 Å². The zero-order valence-electron chi connectivity index (χ0n) is 11.4. The summed E-state index contributed by atoms with van der Waals surface area (Å²) >= 11 is 0. The molecule has 0 bridgehead atoms. The van der Waals surface area contributed by atoms with Gasteiger partial charge in [-0.2, -0.15) is 0 Å². The van der Waals surface area contributed by atoms with E-state index in [1.54, 1.807) is 0 Å². The van der Waals surface area contributed by atoms with Crippen LogP contribution in [0.4, 0.5) is 5.69 Å². The summed E-state index contributed by atoms with van der Waals surface area (Å²) in [5, 5.41) is 3.37. The van der Waals surface area contributed by atoms with Crippen molar-refractivity contribution in [3.05, 3.63) is 29.8 Å². The predicted octanol–water partition coefficient (Wildman–Crippen LogP) is 2.55. The van der Waals surface area contributed by atoms with Gasteiger partial charge in [0.15, 0.2) is 0 Å². The van der Waals surface area contributed by atoms with Gasteiger partial charge in [-0.15, -0.1) is 0 Å². The number of nitrogens with zero attached hydrogens (tertiary/aromatic N) is 1. The minimum Gasteiger partial charge on any atom is -0.347 e. The summed E-state index contributed by atoms with van der Waals surface area (Å²) in [6, 6.07) is 8.72. The number of hydrogen-bond acceptors (Lipinski definition) is 2. The minimum absolute atomic E-state index is 0.0674. The van der Waals surface area contributed by atoms with Crippen molar-refractivity contribution in [1.82, 2.24) is 5.32 Å². The van der Waals surface area contributed by atoms with Crippen LogP contribution in [0, 0.1) is 0 Å². The zero-order valence-corrected chi connectivity index (χ0v) is 11.4. The Morgan fingerprint density at radius 3 is 2.89 bits per heavy atom. The van der Waals surface area contributed by atoms with Crippen molar-refractivity contribution < 1.29 is 4.79 Å². The number of hydrogen-bond donors (Lipinski definition) is 1. The molecule has 1 spiro atoms. The molecule has 19 heavy (non-hydrogen) atoms. The molecule has 2 fully saturated rings. The van der Waals surface area contributed by atoms with Crippen molar-refractivity contribution in [2.75, 3.05) is 11.4 Å². The molecule has 1 N–H and O–H groups in total. The van der Waals surface area contributed by atoms with E-state index in [0.717, 1.165) is 13.0 Å². The Labute approximate surface area is 114 Å². The van der Waals surface area contributed by atoms with Gasteiger partial charge < -0.3 is 10.2 Å². The Morgan fingerprint density at radius 1 is 1.21 bits per heavy atom. The Kier molecular flexibility index (Phi) is 2.10. The number of para-hydroxylation sites is 1. The maximum atomic E-state index is 12.0. The summed E-state index contributed by atoms with van der Waals surface area (Å²) in [4.78, 5) is 14.5. The number of carbonyl (C=O) groups excluding carboxylic acids is 1. The van der Waals surface area contributed by atoms with Crippen LogP contribution >= 0.6 is 0 Å². The van der Waals surface area contributed by atoms with Crippen LogP contribution in [0.3, 0.4) is 0 Å². The molecule has 4 rings (SSSR count). The minimum atomic E-state index is -0.162. The quantitative estimate of drug-likeness (QED) is 0.773. The molecule has 1 aromatic rings. The predicted molar refractivity (Wildman–Crippen MR) is 75.1 cm³/mol. The molecule has 3 nitrogen and oxygen atoms in total. The van der Waals surface area contributed by atoms with Gasteiger partial charge in [-0.3, -0.25) is 4.79 Å². The Balaban J connectivity index is 1.95. The van der Waals surface area contributed by atoms with Crippen molar-refractivity contribution in [1.29, 1.82) is 0 Å². The van der Waals surface area contributed by atoms with E-state index in [1.165, 1.54) is 30.5 Å². The van der Waals surface area contributed by atoms with Crippen LogP contribution in [0.2, 0.25) is 0 Å². The van der Waals surface area contributed by atoms with Gasteiger partial charge in [0.25, 0.3) is 0 Å². The number of fused-ring (bicyclic) bond motifs is 3. The molecule has 0 radical (unpaired) electrons. The lowest BCUT2D eigenvalue weighted by molar-refractivity contribution is -0.126. The molecule has 3 aliphatic rings. The van der Waals surface area contributed by atoms with Gasteiger partial charge in [0.2, 0.25) is 5.91 Å². The summed E-state index contributed by atoms with van der Waals surface area (Å²) in [5.41, 5.74) is 2.67. The van der Waals surface area contributed by atoms with Crippen molar-refractivity contribution >= 4 is 11.6 Å². The summed E-state index contributed by atoms with van der Waals surface area (Å²) in [7, 11) is 0. The van der Waals surface area contributed by atoms with E-state index in [9.17, 15) is 4.79 Å². The number of anilines is 1. The Hall–Kier alpha value is -1.51. The molecule has 2 heterocycles. The second-order valence-corrected chi connectivity index (χ2v) is 6.37. The number of benzene rings is 1. The smallest absolute Gasteiger partial charge is 0.223 e. The number of nitrogens with one attached hydrogen (secondary N) is 1. The highest BCUT2D eigenvalue weighted by Gasteiger charge is 2.61. The van der Waals surface area contributed by atoms with Crippen LogP contribution in [0.15, 0.2) is 24.3 Å². The van der Waals surface area contributed by atoms with Crippen LogP contribution in [0.5, 0.6) is 0 Å². The van der Waals surface area contributed by atoms with Crippen molar-refractivity contribution in [2.45, 2.75) is 50.1 Å². The SMILES string of the molecule is C[C@@]12CCCC[C@@]13NC(=O)CCN3c1ccccc12. The molecule has 1 amide bonds. The third-order valence-corrected chi connectivity index (χ3v) is 5.54. The molecule has 2 aliphatic heterocycles. The van der Waals surface area contributed by atoms with E-state index >= 15 is 0 Å². The van der Waals surface area contributed by atoms with E-state index in [4.69, 9.17) is 0 Å². The molecule has 3 heteroatoms.